The molecule has 1 aliphatic carbocycles. The van der Waals surface area contributed by atoms with Gasteiger partial charge in [-0.25, -0.2) is 0 Å². The van der Waals surface area contributed by atoms with Crippen LogP contribution in [0, 0.1) is 24.7 Å². The van der Waals surface area contributed by atoms with E-state index in [-0.39, 0.29) is 0 Å². The van der Waals surface area contributed by atoms with Crippen molar-refractivity contribution in [2.75, 3.05) is 6.54 Å². The molecule has 1 aromatic rings. The molecule has 3 unspecified atom stereocenters. The van der Waals surface area contributed by atoms with Gasteiger partial charge in [-0.15, -0.1) is 0 Å². The van der Waals surface area contributed by atoms with Crippen molar-refractivity contribution in [2.24, 2.45) is 17.8 Å². The highest BCUT2D eigenvalue weighted by atomic mass is 35.5. The van der Waals surface area contributed by atoms with Crippen LogP contribution in [0.1, 0.15) is 63.6 Å². The SMILES string of the molecule is CCCNC(c1cc(C)cc(Cl)c1)C1CC(C)CC(C)C1. The van der Waals surface area contributed by atoms with Gasteiger partial charge in [-0.3, -0.25) is 0 Å². The highest BCUT2D eigenvalue weighted by Gasteiger charge is 2.30. The van der Waals surface area contributed by atoms with Crippen molar-refractivity contribution in [2.45, 2.75) is 59.4 Å². The lowest BCUT2D eigenvalue weighted by Crippen LogP contribution is -2.33. The smallest absolute Gasteiger partial charge is 0.0411 e. The standard InChI is InChI=1S/C19H30ClN/c1-5-6-21-19(16-8-13(2)7-14(3)9-16)17-10-15(4)11-18(20)12-17/h10-14,16,19,21H,5-9H2,1-4H3. The molecule has 0 heterocycles. The largest absolute Gasteiger partial charge is 0.310 e. The average molecular weight is 308 g/mol. The monoisotopic (exact) mass is 307 g/mol. The van der Waals surface area contributed by atoms with Gasteiger partial charge in [-0.05, 0) is 80.2 Å². The van der Waals surface area contributed by atoms with Crippen LogP contribution < -0.4 is 5.32 Å². The van der Waals surface area contributed by atoms with Crippen molar-refractivity contribution >= 4 is 11.6 Å². The minimum atomic E-state index is 0.451. The first kappa shape index (κ1) is 16.8. The van der Waals surface area contributed by atoms with Crippen LogP contribution >= 0.6 is 11.6 Å². The maximum absolute atomic E-state index is 6.30. The lowest BCUT2D eigenvalue weighted by Gasteiger charge is -2.37. The van der Waals surface area contributed by atoms with E-state index in [2.05, 4.69) is 45.1 Å². The molecule has 0 bridgehead atoms. The van der Waals surface area contributed by atoms with E-state index in [1.54, 1.807) is 0 Å². The van der Waals surface area contributed by atoms with E-state index in [0.29, 0.717) is 6.04 Å². The molecule has 0 amide bonds. The van der Waals surface area contributed by atoms with Crippen LogP contribution in [0.2, 0.25) is 5.02 Å². The van der Waals surface area contributed by atoms with Gasteiger partial charge < -0.3 is 5.32 Å². The number of nitrogens with one attached hydrogen (secondary N) is 1. The summed E-state index contributed by atoms with van der Waals surface area (Å²) in [5, 5.41) is 4.66. The number of rotatable bonds is 5. The van der Waals surface area contributed by atoms with Crippen LogP contribution in [0.4, 0.5) is 0 Å². The quantitative estimate of drug-likeness (QED) is 0.729. The molecule has 1 aromatic carbocycles. The predicted molar refractivity (Wildman–Crippen MR) is 92.9 cm³/mol. The molecule has 21 heavy (non-hydrogen) atoms. The first-order valence-electron chi connectivity index (χ1n) is 8.50. The Morgan fingerprint density at radius 2 is 1.81 bits per heavy atom. The molecular formula is C19H30ClN. The minimum absolute atomic E-state index is 0.451. The first-order chi connectivity index (χ1) is 9.99. The summed E-state index contributed by atoms with van der Waals surface area (Å²) < 4.78 is 0. The highest BCUT2D eigenvalue weighted by Crippen LogP contribution is 2.40. The van der Waals surface area contributed by atoms with E-state index < -0.39 is 0 Å². The average Bonchev–Trinajstić information content (AvgIpc) is 2.37. The van der Waals surface area contributed by atoms with E-state index in [0.717, 1.165) is 29.3 Å². The molecule has 3 atom stereocenters. The van der Waals surface area contributed by atoms with Gasteiger partial charge in [0.2, 0.25) is 0 Å². The molecule has 1 saturated carbocycles. The Labute approximate surface area is 135 Å². The van der Waals surface area contributed by atoms with Gasteiger partial charge in [0.1, 0.15) is 0 Å². The summed E-state index contributed by atoms with van der Waals surface area (Å²) in [6, 6.07) is 6.97. The molecule has 118 valence electrons. The van der Waals surface area contributed by atoms with E-state index in [1.165, 1.54) is 36.8 Å². The third kappa shape index (κ3) is 4.72. The van der Waals surface area contributed by atoms with Crippen molar-refractivity contribution in [1.82, 2.24) is 5.32 Å². The van der Waals surface area contributed by atoms with E-state index in [9.17, 15) is 0 Å². The summed E-state index contributed by atoms with van der Waals surface area (Å²) in [7, 11) is 0. The topological polar surface area (TPSA) is 12.0 Å². The molecule has 1 N–H and O–H groups in total. The van der Waals surface area contributed by atoms with Gasteiger partial charge in [0, 0.05) is 11.1 Å². The van der Waals surface area contributed by atoms with Gasteiger partial charge in [-0.1, -0.05) is 38.4 Å². The molecular weight excluding hydrogens is 278 g/mol. The van der Waals surface area contributed by atoms with Crippen LogP contribution in [0.15, 0.2) is 18.2 Å². The molecule has 0 spiro atoms. The highest BCUT2D eigenvalue weighted by molar-refractivity contribution is 6.30. The van der Waals surface area contributed by atoms with Crippen molar-refractivity contribution in [3.8, 4) is 0 Å². The molecule has 0 radical (unpaired) electrons. The van der Waals surface area contributed by atoms with Gasteiger partial charge in [0.05, 0.1) is 0 Å². The van der Waals surface area contributed by atoms with E-state index >= 15 is 0 Å². The van der Waals surface area contributed by atoms with Crippen LogP contribution in [-0.4, -0.2) is 6.54 Å². The molecule has 1 fully saturated rings. The maximum atomic E-state index is 6.30. The number of halogens is 1. The van der Waals surface area contributed by atoms with Crippen molar-refractivity contribution in [3.05, 3.63) is 34.3 Å². The maximum Gasteiger partial charge on any atom is 0.0411 e. The molecule has 2 rings (SSSR count). The predicted octanol–water partition coefficient (Wildman–Crippen LogP) is 5.76. The lowest BCUT2D eigenvalue weighted by atomic mass is 9.72. The summed E-state index contributed by atoms with van der Waals surface area (Å²) in [5.41, 5.74) is 2.64. The summed E-state index contributed by atoms with van der Waals surface area (Å²) in [6.07, 6.45) is 5.22. The summed E-state index contributed by atoms with van der Waals surface area (Å²) in [6.45, 7) is 10.3. The Balaban J connectivity index is 2.24. The van der Waals surface area contributed by atoms with Gasteiger partial charge in [0.25, 0.3) is 0 Å². The summed E-state index contributed by atoms with van der Waals surface area (Å²) in [4.78, 5) is 0. The van der Waals surface area contributed by atoms with Crippen molar-refractivity contribution in [3.63, 3.8) is 0 Å². The molecule has 0 aromatic heterocycles. The third-order valence-corrected chi connectivity index (χ3v) is 4.94. The molecule has 1 aliphatic rings. The normalized spacial score (nSPS) is 27.6. The zero-order chi connectivity index (χ0) is 15.4. The Morgan fingerprint density at radius 1 is 1.14 bits per heavy atom. The zero-order valence-electron chi connectivity index (χ0n) is 14.0. The number of hydrogen-bond donors (Lipinski definition) is 1. The Kier molecular flexibility index (Phi) is 6.13. The van der Waals surface area contributed by atoms with Crippen LogP contribution in [0.5, 0.6) is 0 Å². The third-order valence-electron chi connectivity index (χ3n) is 4.72. The molecule has 0 aliphatic heterocycles. The van der Waals surface area contributed by atoms with Gasteiger partial charge >= 0.3 is 0 Å². The summed E-state index contributed by atoms with van der Waals surface area (Å²) in [5.74, 6) is 2.41. The van der Waals surface area contributed by atoms with Crippen LogP contribution in [0.25, 0.3) is 0 Å². The van der Waals surface area contributed by atoms with E-state index in [4.69, 9.17) is 11.6 Å². The number of hydrogen-bond acceptors (Lipinski definition) is 1. The molecule has 0 saturated heterocycles. The lowest BCUT2D eigenvalue weighted by molar-refractivity contribution is 0.176. The fraction of sp³-hybridized carbons (Fsp3) is 0.684. The molecule has 2 heteroatoms. The van der Waals surface area contributed by atoms with Gasteiger partial charge in [0.15, 0.2) is 0 Å². The van der Waals surface area contributed by atoms with E-state index in [1.807, 2.05) is 6.07 Å². The van der Waals surface area contributed by atoms with Crippen LogP contribution in [-0.2, 0) is 0 Å². The van der Waals surface area contributed by atoms with Crippen molar-refractivity contribution < 1.29 is 0 Å². The Bertz CT molecular complexity index is 427. The number of aryl methyl sites for hydroxylation is 1. The number of benzene rings is 1. The Hall–Kier alpha value is -0.530. The second-order valence-electron chi connectivity index (χ2n) is 7.17. The van der Waals surface area contributed by atoms with Gasteiger partial charge in [-0.2, -0.15) is 0 Å². The van der Waals surface area contributed by atoms with Crippen LogP contribution in [0.3, 0.4) is 0 Å². The fourth-order valence-electron chi connectivity index (χ4n) is 4.08. The molecule has 1 nitrogen and oxygen atoms in total. The zero-order valence-corrected chi connectivity index (χ0v) is 14.7. The Morgan fingerprint density at radius 3 is 2.38 bits per heavy atom. The first-order valence-corrected chi connectivity index (χ1v) is 8.87. The second kappa shape index (κ2) is 7.65. The second-order valence-corrected chi connectivity index (χ2v) is 7.61. The fourth-order valence-corrected chi connectivity index (χ4v) is 4.38. The van der Waals surface area contributed by atoms with Crippen molar-refractivity contribution in [1.29, 1.82) is 0 Å². The minimum Gasteiger partial charge on any atom is -0.310 e. The summed E-state index contributed by atoms with van der Waals surface area (Å²) >= 11 is 6.30.